The van der Waals surface area contributed by atoms with Gasteiger partial charge < -0.3 is 19.9 Å². The molecule has 1 aliphatic heterocycles. The molecule has 4 rings (SSSR count). The van der Waals surface area contributed by atoms with E-state index in [2.05, 4.69) is 20.9 Å². The molecule has 12 nitrogen and oxygen atoms in total. The Morgan fingerprint density at radius 1 is 1.33 bits per heavy atom. The lowest BCUT2D eigenvalue weighted by atomic mass is 9.95. The number of nitrogens with zero attached hydrogens (tertiary/aromatic N) is 3. The maximum Gasteiger partial charge on any atom is 0.422 e. The summed E-state index contributed by atoms with van der Waals surface area (Å²) >= 11 is 0. The van der Waals surface area contributed by atoms with Crippen LogP contribution in [0.25, 0.3) is 5.82 Å². The molecule has 2 aromatic heterocycles. The zero-order valence-corrected chi connectivity index (χ0v) is 21.4. The van der Waals surface area contributed by atoms with Crippen molar-refractivity contribution in [1.82, 2.24) is 25.6 Å². The minimum Gasteiger partial charge on any atom is -0.484 e. The molecule has 1 aromatic carbocycles. The summed E-state index contributed by atoms with van der Waals surface area (Å²) in [6.45, 7) is -0.0489. The van der Waals surface area contributed by atoms with E-state index in [0.29, 0.717) is 29.9 Å². The second-order valence-corrected chi connectivity index (χ2v) is 10.7. The Morgan fingerprint density at radius 2 is 2.10 bits per heavy atom. The summed E-state index contributed by atoms with van der Waals surface area (Å²) in [5.41, 5.74) is 0.914. The first kappa shape index (κ1) is 28.1. The summed E-state index contributed by atoms with van der Waals surface area (Å²) in [4.78, 5) is 26.1. The van der Waals surface area contributed by atoms with Crippen molar-refractivity contribution in [2.75, 3.05) is 18.9 Å². The van der Waals surface area contributed by atoms with E-state index in [1.807, 2.05) is 0 Å². The number of carbonyl (C=O) groups excluding carboxylic acids is 2. The van der Waals surface area contributed by atoms with Gasteiger partial charge in [-0.1, -0.05) is 17.3 Å². The number of nitrogens with one attached hydrogen (secondary N) is 2. The van der Waals surface area contributed by atoms with Crippen molar-refractivity contribution in [2.24, 2.45) is 5.14 Å². The first-order chi connectivity index (χ1) is 18.3. The first-order valence-electron chi connectivity index (χ1n) is 11.7. The van der Waals surface area contributed by atoms with E-state index in [1.54, 1.807) is 19.1 Å². The molecular formula is C23H25F3N6O6S. The number of sulfonamides is 1. The minimum absolute atomic E-state index is 0.0163. The number of amides is 2. The number of nitrogens with two attached hydrogens (primary N) is 1. The zero-order valence-electron chi connectivity index (χ0n) is 20.6. The predicted octanol–water partition coefficient (Wildman–Crippen LogP) is 1.42. The number of aryl methyl sites for hydroxylation is 2. The van der Waals surface area contributed by atoms with Crippen molar-refractivity contribution in [3.05, 3.63) is 58.6 Å². The zero-order chi connectivity index (χ0) is 28.4. The Bertz CT molecular complexity index is 1480. The number of alkyl halides is 3. The lowest BCUT2D eigenvalue weighted by Gasteiger charge is -2.23. The Hall–Kier alpha value is -3.92. The van der Waals surface area contributed by atoms with Gasteiger partial charge in [-0.05, 0) is 37.5 Å². The summed E-state index contributed by atoms with van der Waals surface area (Å²) in [5, 5.41) is 18.6. The second kappa shape index (κ2) is 11.1. The number of halogens is 3. The fraction of sp³-hybridized carbons (Fsp3) is 0.391. The van der Waals surface area contributed by atoms with Gasteiger partial charge in [0.15, 0.2) is 12.4 Å². The third-order valence-corrected chi connectivity index (χ3v) is 6.54. The molecule has 0 unspecified atom stereocenters. The van der Waals surface area contributed by atoms with Crippen molar-refractivity contribution in [1.29, 1.82) is 0 Å². The molecule has 3 heterocycles. The lowest BCUT2D eigenvalue weighted by molar-refractivity contribution is -0.153. The number of hydrogen-bond donors (Lipinski definition) is 3. The Kier molecular flexibility index (Phi) is 7.96. The standard InChI is InChI=1S/C23H25F3N6O6S/c1-13-9-18(31-38-13)32-20(22(34)28-7-8-39(27,35)36)19-17(30-32)11-15(29-21(19)33)6-5-14-3-2-4-16(10-14)37-12-23(24,25)26/h2-4,9-10,15H,5-8,11-12H2,1H3,(H,28,34)(H,29,33)(H2,27,35,36)/t15-/m0/s1. The number of aromatic nitrogens is 3. The normalized spacial score (nSPS) is 15.5. The number of rotatable bonds is 10. The molecule has 3 aromatic rings. The van der Waals surface area contributed by atoms with Crippen LogP contribution < -0.4 is 20.5 Å². The third kappa shape index (κ3) is 7.35. The molecule has 2 amide bonds. The van der Waals surface area contributed by atoms with E-state index in [-0.39, 0.29) is 41.8 Å². The third-order valence-electron chi connectivity index (χ3n) is 5.76. The molecule has 4 N–H and O–H groups in total. The van der Waals surface area contributed by atoms with Gasteiger partial charge in [-0.3, -0.25) is 9.59 Å². The fourth-order valence-corrected chi connectivity index (χ4v) is 4.46. The monoisotopic (exact) mass is 570 g/mol. The van der Waals surface area contributed by atoms with E-state index in [9.17, 15) is 31.2 Å². The van der Waals surface area contributed by atoms with Crippen LogP contribution in [0.15, 0.2) is 34.9 Å². The average molecular weight is 571 g/mol. The summed E-state index contributed by atoms with van der Waals surface area (Å²) < 4.78 is 70.9. The number of benzene rings is 1. The Morgan fingerprint density at radius 3 is 2.77 bits per heavy atom. The second-order valence-electron chi connectivity index (χ2n) is 8.97. The van der Waals surface area contributed by atoms with Crippen molar-refractivity contribution in [3.8, 4) is 11.6 Å². The highest BCUT2D eigenvalue weighted by molar-refractivity contribution is 7.89. The fourth-order valence-electron chi connectivity index (χ4n) is 4.08. The molecule has 0 radical (unpaired) electrons. The highest BCUT2D eigenvalue weighted by Crippen LogP contribution is 2.26. The van der Waals surface area contributed by atoms with Crippen LogP contribution in [0.5, 0.6) is 5.75 Å². The number of ether oxygens (including phenoxy) is 1. The molecule has 1 aliphatic rings. The molecule has 210 valence electrons. The van der Waals surface area contributed by atoms with Crippen LogP contribution in [0, 0.1) is 6.92 Å². The van der Waals surface area contributed by atoms with Gasteiger partial charge in [-0.15, -0.1) is 0 Å². The number of hydrogen-bond acceptors (Lipinski definition) is 8. The molecule has 39 heavy (non-hydrogen) atoms. The summed E-state index contributed by atoms with van der Waals surface area (Å²) in [6, 6.07) is 7.39. The van der Waals surface area contributed by atoms with E-state index < -0.39 is 40.4 Å². The van der Waals surface area contributed by atoms with Gasteiger partial charge in [0.2, 0.25) is 10.0 Å². The maximum absolute atomic E-state index is 13.1. The van der Waals surface area contributed by atoms with E-state index in [4.69, 9.17) is 14.4 Å². The summed E-state index contributed by atoms with van der Waals surface area (Å²) in [5.74, 6) is -1.15. The van der Waals surface area contributed by atoms with Crippen LogP contribution in [-0.4, -0.2) is 66.3 Å². The summed E-state index contributed by atoms with van der Waals surface area (Å²) in [7, 11) is -3.83. The van der Waals surface area contributed by atoms with Crippen LogP contribution in [-0.2, 0) is 22.9 Å². The molecular weight excluding hydrogens is 545 g/mol. The van der Waals surface area contributed by atoms with Gasteiger partial charge >= 0.3 is 6.18 Å². The first-order valence-corrected chi connectivity index (χ1v) is 13.4. The van der Waals surface area contributed by atoms with Crippen LogP contribution in [0.1, 0.15) is 44.3 Å². The molecule has 0 aliphatic carbocycles. The maximum atomic E-state index is 13.1. The molecule has 1 atom stereocenters. The van der Waals surface area contributed by atoms with Crippen LogP contribution in [0.4, 0.5) is 13.2 Å². The van der Waals surface area contributed by atoms with Gasteiger partial charge in [0.05, 0.1) is 17.0 Å². The minimum atomic E-state index is -4.45. The molecule has 0 saturated carbocycles. The Labute approximate surface area is 220 Å². The highest BCUT2D eigenvalue weighted by Gasteiger charge is 2.35. The molecule has 0 saturated heterocycles. The Balaban J connectivity index is 1.52. The van der Waals surface area contributed by atoms with E-state index in [1.165, 1.54) is 18.2 Å². The smallest absolute Gasteiger partial charge is 0.422 e. The molecule has 0 bridgehead atoms. The molecule has 0 spiro atoms. The van der Waals surface area contributed by atoms with Crippen LogP contribution in [0.2, 0.25) is 0 Å². The van der Waals surface area contributed by atoms with Crippen LogP contribution in [0.3, 0.4) is 0 Å². The van der Waals surface area contributed by atoms with E-state index >= 15 is 0 Å². The highest BCUT2D eigenvalue weighted by atomic mass is 32.2. The van der Waals surface area contributed by atoms with Gasteiger partial charge in [-0.2, -0.15) is 18.3 Å². The molecule has 16 heteroatoms. The van der Waals surface area contributed by atoms with Crippen molar-refractivity contribution in [2.45, 2.75) is 38.4 Å². The van der Waals surface area contributed by atoms with Gasteiger partial charge in [0.25, 0.3) is 11.8 Å². The average Bonchev–Trinajstić information content (AvgIpc) is 3.44. The van der Waals surface area contributed by atoms with Crippen molar-refractivity contribution in [3.63, 3.8) is 0 Å². The van der Waals surface area contributed by atoms with E-state index in [0.717, 1.165) is 4.68 Å². The number of carbonyl (C=O) groups is 2. The van der Waals surface area contributed by atoms with Gasteiger partial charge in [0, 0.05) is 25.1 Å². The predicted molar refractivity (Wildman–Crippen MR) is 130 cm³/mol. The molecule has 0 fully saturated rings. The summed E-state index contributed by atoms with van der Waals surface area (Å²) in [6.07, 6.45) is -3.34. The van der Waals surface area contributed by atoms with Crippen molar-refractivity contribution >= 4 is 21.8 Å². The van der Waals surface area contributed by atoms with Gasteiger partial charge in [-0.25, -0.2) is 18.2 Å². The largest absolute Gasteiger partial charge is 0.484 e. The van der Waals surface area contributed by atoms with Gasteiger partial charge in [0.1, 0.15) is 17.2 Å². The SMILES string of the molecule is Cc1cc(-n2nc3c(c2C(=O)NCCS(N)(=O)=O)C(=O)N[C@@H](CCc2cccc(OCC(F)(F)F)c2)C3)no1. The topological polar surface area (TPSA) is 171 Å². The lowest BCUT2D eigenvalue weighted by Crippen LogP contribution is -2.42. The van der Waals surface area contributed by atoms with Crippen LogP contribution >= 0.6 is 0 Å². The quantitative estimate of drug-likeness (QED) is 0.328. The number of fused-ring (bicyclic) bond motifs is 1. The van der Waals surface area contributed by atoms with Crippen molar-refractivity contribution < 1.29 is 40.4 Å². The number of primary sulfonamides is 1.